The van der Waals surface area contributed by atoms with Crippen molar-refractivity contribution in [2.24, 2.45) is 0 Å². The van der Waals surface area contributed by atoms with E-state index < -0.39 is 0 Å². The van der Waals surface area contributed by atoms with Crippen molar-refractivity contribution in [3.8, 4) is 5.75 Å². The predicted octanol–water partition coefficient (Wildman–Crippen LogP) is 2.76. The van der Waals surface area contributed by atoms with Gasteiger partial charge < -0.3 is 10.1 Å². The van der Waals surface area contributed by atoms with Crippen LogP contribution in [0.25, 0.3) is 0 Å². The van der Waals surface area contributed by atoms with E-state index in [4.69, 9.17) is 4.74 Å². The Hall–Kier alpha value is -2.37. The van der Waals surface area contributed by atoms with Gasteiger partial charge in [-0.2, -0.15) is 0 Å². The first-order chi connectivity index (χ1) is 12.6. The van der Waals surface area contributed by atoms with Gasteiger partial charge in [0.25, 0.3) is 0 Å². The summed E-state index contributed by atoms with van der Waals surface area (Å²) in [5.41, 5.74) is 3.37. The maximum Gasteiger partial charge on any atom is 0.238 e. The molecule has 1 aliphatic rings. The summed E-state index contributed by atoms with van der Waals surface area (Å²) >= 11 is 0. The molecule has 0 aromatic heterocycles. The van der Waals surface area contributed by atoms with Crippen molar-refractivity contribution in [2.45, 2.75) is 13.5 Å². The molecule has 1 saturated heterocycles. The highest BCUT2D eigenvalue weighted by Crippen LogP contribution is 2.22. The van der Waals surface area contributed by atoms with Gasteiger partial charge >= 0.3 is 0 Å². The van der Waals surface area contributed by atoms with Crippen LogP contribution in [0.5, 0.6) is 5.75 Å². The number of hydrogen-bond donors (Lipinski definition) is 1. The van der Waals surface area contributed by atoms with Gasteiger partial charge in [0, 0.05) is 32.7 Å². The highest BCUT2D eigenvalue weighted by molar-refractivity contribution is 5.93. The SMILES string of the molecule is COc1ccccc1NC(=O)CN1CCN(Cc2cccc(C)c2)CC1. The summed E-state index contributed by atoms with van der Waals surface area (Å²) in [5, 5.41) is 2.95. The average Bonchev–Trinajstić information content (AvgIpc) is 2.64. The van der Waals surface area contributed by atoms with Gasteiger partial charge in [-0.1, -0.05) is 42.0 Å². The smallest absolute Gasteiger partial charge is 0.238 e. The largest absolute Gasteiger partial charge is 0.495 e. The molecule has 0 atom stereocenters. The van der Waals surface area contributed by atoms with Crippen LogP contribution in [0.3, 0.4) is 0 Å². The first kappa shape index (κ1) is 18.4. The molecule has 1 N–H and O–H groups in total. The summed E-state index contributed by atoms with van der Waals surface area (Å²) in [6, 6.07) is 16.2. The standard InChI is InChI=1S/C21H27N3O2/c1-17-6-5-7-18(14-17)15-23-10-12-24(13-11-23)16-21(25)22-19-8-3-4-9-20(19)26-2/h3-9,14H,10-13,15-16H2,1-2H3,(H,22,25). The molecular formula is C21H27N3O2. The lowest BCUT2D eigenvalue weighted by Crippen LogP contribution is -2.48. The summed E-state index contributed by atoms with van der Waals surface area (Å²) in [4.78, 5) is 17.0. The predicted molar refractivity (Wildman–Crippen MR) is 105 cm³/mol. The quantitative estimate of drug-likeness (QED) is 0.867. The molecule has 0 radical (unpaired) electrons. The number of hydrogen-bond acceptors (Lipinski definition) is 4. The Kier molecular flexibility index (Phi) is 6.26. The molecule has 1 heterocycles. The van der Waals surface area contributed by atoms with Crippen LogP contribution >= 0.6 is 0 Å². The van der Waals surface area contributed by atoms with Gasteiger partial charge in [-0.3, -0.25) is 14.6 Å². The molecule has 5 heteroatoms. The molecular weight excluding hydrogens is 326 g/mol. The van der Waals surface area contributed by atoms with Crippen LogP contribution in [0, 0.1) is 6.92 Å². The van der Waals surface area contributed by atoms with Gasteiger partial charge in [-0.25, -0.2) is 0 Å². The number of nitrogens with one attached hydrogen (secondary N) is 1. The lowest BCUT2D eigenvalue weighted by Gasteiger charge is -2.34. The zero-order chi connectivity index (χ0) is 18.4. The fourth-order valence-corrected chi connectivity index (χ4v) is 3.31. The number of ether oxygens (including phenoxy) is 1. The van der Waals surface area contributed by atoms with Crippen LogP contribution in [0.1, 0.15) is 11.1 Å². The number of aryl methyl sites for hydroxylation is 1. The third kappa shape index (κ3) is 5.07. The second kappa shape index (κ2) is 8.83. The Morgan fingerprint density at radius 2 is 1.77 bits per heavy atom. The lowest BCUT2D eigenvalue weighted by molar-refractivity contribution is -0.117. The monoisotopic (exact) mass is 353 g/mol. The van der Waals surface area contributed by atoms with Gasteiger partial charge in [-0.15, -0.1) is 0 Å². The number of para-hydroxylation sites is 2. The molecule has 0 unspecified atom stereocenters. The second-order valence-corrected chi connectivity index (χ2v) is 6.79. The van der Waals surface area contributed by atoms with Gasteiger partial charge in [0.1, 0.15) is 5.75 Å². The molecule has 5 nitrogen and oxygen atoms in total. The fraction of sp³-hybridized carbons (Fsp3) is 0.381. The number of carbonyl (C=O) groups excluding carboxylic acids is 1. The number of piperazine rings is 1. The molecule has 26 heavy (non-hydrogen) atoms. The molecule has 0 spiro atoms. The van der Waals surface area contributed by atoms with Crippen LogP contribution in [-0.4, -0.2) is 55.5 Å². The second-order valence-electron chi connectivity index (χ2n) is 6.79. The van der Waals surface area contributed by atoms with Crippen molar-refractivity contribution in [3.63, 3.8) is 0 Å². The highest BCUT2D eigenvalue weighted by Gasteiger charge is 2.19. The number of methoxy groups -OCH3 is 1. The fourth-order valence-electron chi connectivity index (χ4n) is 3.31. The van der Waals surface area contributed by atoms with Crippen molar-refractivity contribution < 1.29 is 9.53 Å². The number of anilines is 1. The minimum absolute atomic E-state index is 0.00151. The van der Waals surface area contributed by atoms with E-state index in [1.165, 1.54) is 11.1 Å². The van der Waals surface area contributed by atoms with Gasteiger partial charge in [0.15, 0.2) is 0 Å². The Morgan fingerprint density at radius 1 is 1.04 bits per heavy atom. The first-order valence-electron chi connectivity index (χ1n) is 9.07. The molecule has 2 aromatic rings. The van der Waals surface area contributed by atoms with E-state index in [0.717, 1.165) is 38.4 Å². The maximum atomic E-state index is 12.3. The molecule has 1 aliphatic heterocycles. The number of rotatable bonds is 6. The van der Waals surface area contributed by atoms with Crippen LogP contribution in [0.4, 0.5) is 5.69 Å². The summed E-state index contributed by atoms with van der Waals surface area (Å²) < 4.78 is 5.28. The van der Waals surface area contributed by atoms with Crippen molar-refractivity contribution in [1.82, 2.24) is 9.80 Å². The molecule has 0 bridgehead atoms. The summed E-state index contributed by atoms with van der Waals surface area (Å²) in [6.45, 7) is 7.29. The molecule has 1 amide bonds. The van der Waals surface area contributed by atoms with E-state index in [1.54, 1.807) is 7.11 Å². The number of carbonyl (C=O) groups is 1. The van der Waals surface area contributed by atoms with Crippen LogP contribution in [-0.2, 0) is 11.3 Å². The molecule has 0 aliphatic carbocycles. The van der Waals surface area contributed by atoms with E-state index in [2.05, 4.69) is 46.3 Å². The minimum atomic E-state index is 0.00151. The first-order valence-corrected chi connectivity index (χ1v) is 9.07. The Balaban J connectivity index is 1.45. The molecule has 0 saturated carbocycles. The van der Waals surface area contributed by atoms with Gasteiger partial charge in [0.2, 0.25) is 5.91 Å². The maximum absolute atomic E-state index is 12.3. The zero-order valence-corrected chi connectivity index (χ0v) is 15.6. The number of nitrogens with zero attached hydrogens (tertiary/aromatic N) is 2. The molecule has 1 fully saturated rings. The number of benzene rings is 2. The Morgan fingerprint density at radius 3 is 2.50 bits per heavy atom. The van der Waals surface area contributed by atoms with Gasteiger partial charge in [-0.05, 0) is 24.6 Å². The van der Waals surface area contributed by atoms with E-state index in [-0.39, 0.29) is 5.91 Å². The van der Waals surface area contributed by atoms with Crippen LogP contribution in [0.15, 0.2) is 48.5 Å². The third-order valence-electron chi connectivity index (χ3n) is 4.70. The van der Waals surface area contributed by atoms with Crippen molar-refractivity contribution >= 4 is 11.6 Å². The minimum Gasteiger partial charge on any atom is -0.495 e. The normalized spacial score (nSPS) is 15.6. The summed E-state index contributed by atoms with van der Waals surface area (Å²) in [6.07, 6.45) is 0. The topological polar surface area (TPSA) is 44.8 Å². The molecule has 2 aromatic carbocycles. The van der Waals surface area contributed by atoms with E-state index in [1.807, 2.05) is 24.3 Å². The van der Waals surface area contributed by atoms with Crippen LogP contribution in [0.2, 0.25) is 0 Å². The summed E-state index contributed by atoms with van der Waals surface area (Å²) in [7, 11) is 1.61. The van der Waals surface area contributed by atoms with Crippen molar-refractivity contribution in [2.75, 3.05) is 45.2 Å². The van der Waals surface area contributed by atoms with E-state index >= 15 is 0 Å². The number of amides is 1. The highest BCUT2D eigenvalue weighted by atomic mass is 16.5. The lowest BCUT2D eigenvalue weighted by atomic mass is 10.1. The molecule has 3 rings (SSSR count). The van der Waals surface area contributed by atoms with Gasteiger partial charge in [0.05, 0.1) is 19.3 Å². The summed E-state index contributed by atoms with van der Waals surface area (Å²) in [5.74, 6) is 0.686. The Labute approximate surface area is 155 Å². The van der Waals surface area contributed by atoms with E-state index in [0.29, 0.717) is 12.3 Å². The Bertz CT molecular complexity index is 740. The zero-order valence-electron chi connectivity index (χ0n) is 15.6. The molecule has 138 valence electrons. The average molecular weight is 353 g/mol. The van der Waals surface area contributed by atoms with Crippen molar-refractivity contribution in [3.05, 3.63) is 59.7 Å². The van der Waals surface area contributed by atoms with Crippen molar-refractivity contribution in [1.29, 1.82) is 0 Å². The van der Waals surface area contributed by atoms with E-state index in [9.17, 15) is 4.79 Å². The third-order valence-corrected chi connectivity index (χ3v) is 4.70. The van der Waals surface area contributed by atoms with Crippen LogP contribution < -0.4 is 10.1 Å².